The Hall–Kier alpha value is -1.93. The molecule has 22 heavy (non-hydrogen) atoms. The van der Waals surface area contributed by atoms with Crippen LogP contribution in [-0.4, -0.2) is 41.0 Å². The number of aromatic nitrogens is 2. The maximum Gasteiger partial charge on any atom is 0.471 e. The van der Waals surface area contributed by atoms with Gasteiger partial charge >= 0.3 is 12.1 Å². The van der Waals surface area contributed by atoms with Crippen molar-refractivity contribution in [1.29, 1.82) is 0 Å². The summed E-state index contributed by atoms with van der Waals surface area (Å²) in [5.41, 5.74) is 6.48. The topological polar surface area (TPSA) is 76.2 Å². The third kappa shape index (κ3) is 3.63. The standard InChI is InChI=1S/C13H20F3N5O/c1-2-21-11(10(17)8-18-21)20-6-3-4-9(5-7-20)19-12(22)13(14,15)16/h8-9H,2-7,17H2,1H3,(H,19,22)/t9-/m0/s1. The summed E-state index contributed by atoms with van der Waals surface area (Å²) in [6, 6.07) is -0.474. The Balaban J connectivity index is 2.01. The van der Waals surface area contributed by atoms with Crippen molar-refractivity contribution in [2.75, 3.05) is 23.7 Å². The van der Waals surface area contributed by atoms with Gasteiger partial charge in [0, 0.05) is 25.7 Å². The number of amides is 1. The number of hydrogen-bond donors (Lipinski definition) is 2. The first-order chi connectivity index (χ1) is 10.3. The Kier molecular flexibility index (Phi) is 4.82. The summed E-state index contributed by atoms with van der Waals surface area (Å²) in [6.07, 6.45) is -1.63. The van der Waals surface area contributed by atoms with Gasteiger partial charge < -0.3 is 16.0 Å². The normalized spacial score (nSPS) is 19.8. The summed E-state index contributed by atoms with van der Waals surface area (Å²) in [7, 11) is 0. The van der Waals surface area contributed by atoms with E-state index in [0.29, 0.717) is 44.6 Å². The minimum absolute atomic E-state index is 0.441. The number of aryl methyl sites for hydroxylation is 1. The quantitative estimate of drug-likeness (QED) is 0.886. The van der Waals surface area contributed by atoms with Crippen LogP contribution in [0.2, 0.25) is 0 Å². The second-order valence-corrected chi connectivity index (χ2v) is 5.33. The van der Waals surface area contributed by atoms with Crippen LogP contribution < -0.4 is 16.0 Å². The van der Waals surface area contributed by atoms with E-state index in [1.807, 2.05) is 11.8 Å². The fourth-order valence-electron chi connectivity index (χ4n) is 2.69. The summed E-state index contributed by atoms with van der Waals surface area (Å²) < 4.78 is 38.7. The minimum atomic E-state index is -4.84. The molecule has 0 aromatic carbocycles. The summed E-state index contributed by atoms with van der Waals surface area (Å²) in [4.78, 5) is 13.0. The molecule has 0 aliphatic carbocycles. The highest BCUT2D eigenvalue weighted by molar-refractivity contribution is 5.81. The van der Waals surface area contributed by atoms with Gasteiger partial charge in [-0.15, -0.1) is 0 Å². The molecule has 1 fully saturated rings. The number of nitrogens with two attached hydrogens (primary N) is 1. The van der Waals surface area contributed by atoms with E-state index in [1.54, 1.807) is 10.9 Å². The highest BCUT2D eigenvalue weighted by atomic mass is 19.4. The monoisotopic (exact) mass is 319 g/mol. The average molecular weight is 319 g/mol. The van der Waals surface area contributed by atoms with Crippen molar-refractivity contribution < 1.29 is 18.0 Å². The van der Waals surface area contributed by atoms with Crippen molar-refractivity contribution in [2.45, 2.75) is 44.9 Å². The zero-order valence-corrected chi connectivity index (χ0v) is 12.4. The van der Waals surface area contributed by atoms with Gasteiger partial charge in [0.15, 0.2) is 0 Å². The predicted octanol–water partition coefficient (Wildman–Crippen LogP) is 1.52. The van der Waals surface area contributed by atoms with Crippen LogP contribution in [0.15, 0.2) is 6.20 Å². The Morgan fingerprint density at radius 2 is 2.18 bits per heavy atom. The predicted molar refractivity (Wildman–Crippen MR) is 76.4 cm³/mol. The molecule has 1 saturated heterocycles. The van der Waals surface area contributed by atoms with Gasteiger partial charge in [0.1, 0.15) is 5.82 Å². The van der Waals surface area contributed by atoms with E-state index in [0.717, 1.165) is 5.82 Å². The molecule has 1 aliphatic heterocycles. The molecular formula is C13H20F3N5O. The maximum absolute atomic E-state index is 12.3. The van der Waals surface area contributed by atoms with E-state index < -0.39 is 18.1 Å². The van der Waals surface area contributed by atoms with Crippen molar-refractivity contribution in [3.05, 3.63) is 6.20 Å². The van der Waals surface area contributed by atoms with Crippen LogP contribution in [0.25, 0.3) is 0 Å². The minimum Gasteiger partial charge on any atom is -0.394 e. The zero-order valence-electron chi connectivity index (χ0n) is 12.4. The van der Waals surface area contributed by atoms with Crippen molar-refractivity contribution >= 4 is 17.4 Å². The Morgan fingerprint density at radius 3 is 2.82 bits per heavy atom. The molecule has 1 aromatic heterocycles. The van der Waals surface area contributed by atoms with Crippen LogP contribution >= 0.6 is 0 Å². The van der Waals surface area contributed by atoms with E-state index >= 15 is 0 Å². The molecule has 0 radical (unpaired) electrons. The summed E-state index contributed by atoms with van der Waals surface area (Å²) in [5.74, 6) is -1.07. The number of halogens is 3. The van der Waals surface area contributed by atoms with E-state index in [2.05, 4.69) is 10.4 Å². The first kappa shape index (κ1) is 16.4. The number of anilines is 2. The van der Waals surface area contributed by atoms with Gasteiger partial charge in [0.05, 0.1) is 11.9 Å². The molecule has 0 saturated carbocycles. The first-order valence-corrected chi connectivity index (χ1v) is 7.26. The van der Waals surface area contributed by atoms with E-state index in [9.17, 15) is 18.0 Å². The Bertz CT molecular complexity index is 528. The summed E-state index contributed by atoms with van der Waals surface area (Å²) in [5, 5.41) is 6.23. The number of nitrogens with zero attached hydrogens (tertiary/aromatic N) is 3. The molecule has 0 spiro atoms. The third-order valence-corrected chi connectivity index (χ3v) is 3.76. The van der Waals surface area contributed by atoms with E-state index in [4.69, 9.17) is 5.73 Å². The van der Waals surface area contributed by atoms with E-state index in [1.165, 1.54) is 0 Å². The first-order valence-electron chi connectivity index (χ1n) is 7.26. The Morgan fingerprint density at radius 1 is 1.45 bits per heavy atom. The lowest BCUT2D eigenvalue weighted by Crippen LogP contribution is -2.43. The smallest absolute Gasteiger partial charge is 0.394 e. The fourth-order valence-corrected chi connectivity index (χ4v) is 2.69. The maximum atomic E-state index is 12.3. The third-order valence-electron chi connectivity index (χ3n) is 3.76. The molecule has 6 nitrogen and oxygen atoms in total. The number of rotatable bonds is 3. The molecule has 1 aliphatic rings. The fraction of sp³-hybridized carbons (Fsp3) is 0.692. The van der Waals surface area contributed by atoms with Gasteiger partial charge in [-0.1, -0.05) is 0 Å². The molecule has 2 heterocycles. The van der Waals surface area contributed by atoms with Crippen LogP contribution in [0.5, 0.6) is 0 Å². The Labute approximate surface area is 126 Å². The molecule has 0 unspecified atom stereocenters. The van der Waals surface area contributed by atoms with Crippen LogP contribution in [0.3, 0.4) is 0 Å². The molecule has 1 atom stereocenters. The van der Waals surface area contributed by atoms with Crippen LogP contribution in [-0.2, 0) is 11.3 Å². The second kappa shape index (κ2) is 6.45. The van der Waals surface area contributed by atoms with Gasteiger partial charge in [-0.3, -0.25) is 4.79 Å². The molecule has 9 heteroatoms. The number of nitrogen functional groups attached to an aromatic ring is 1. The number of carbonyl (C=O) groups excluding carboxylic acids is 1. The lowest BCUT2D eigenvalue weighted by Gasteiger charge is -2.24. The lowest BCUT2D eigenvalue weighted by atomic mass is 10.1. The van der Waals surface area contributed by atoms with Gasteiger partial charge in [0.25, 0.3) is 0 Å². The van der Waals surface area contributed by atoms with Crippen LogP contribution in [0.1, 0.15) is 26.2 Å². The van der Waals surface area contributed by atoms with Crippen molar-refractivity contribution in [3.8, 4) is 0 Å². The highest BCUT2D eigenvalue weighted by Gasteiger charge is 2.39. The molecule has 2 rings (SSSR count). The molecule has 3 N–H and O–H groups in total. The van der Waals surface area contributed by atoms with Crippen molar-refractivity contribution in [1.82, 2.24) is 15.1 Å². The lowest BCUT2D eigenvalue weighted by molar-refractivity contribution is -0.174. The van der Waals surface area contributed by atoms with Crippen molar-refractivity contribution in [3.63, 3.8) is 0 Å². The van der Waals surface area contributed by atoms with Gasteiger partial charge in [-0.2, -0.15) is 18.3 Å². The molecule has 1 aromatic rings. The van der Waals surface area contributed by atoms with Gasteiger partial charge in [0.2, 0.25) is 0 Å². The second-order valence-electron chi connectivity index (χ2n) is 5.33. The highest BCUT2D eigenvalue weighted by Crippen LogP contribution is 2.26. The van der Waals surface area contributed by atoms with E-state index in [-0.39, 0.29) is 0 Å². The summed E-state index contributed by atoms with van der Waals surface area (Å²) >= 11 is 0. The molecule has 0 bridgehead atoms. The van der Waals surface area contributed by atoms with Crippen LogP contribution in [0, 0.1) is 0 Å². The van der Waals surface area contributed by atoms with Gasteiger partial charge in [-0.25, -0.2) is 4.68 Å². The zero-order chi connectivity index (χ0) is 16.3. The number of carbonyl (C=O) groups is 1. The molecular weight excluding hydrogens is 299 g/mol. The number of alkyl halides is 3. The number of nitrogens with one attached hydrogen (secondary N) is 1. The van der Waals surface area contributed by atoms with Crippen LogP contribution in [0.4, 0.5) is 24.7 Å². The molecule has 124 valence electrons. The number of hydrogen-bond acceptors (Lipinski definition) is 4. The SMILES string of the molecule is CCn1ncc(N)c1N1CCC[C@H](NC(=O)C(F)(F)F)CC1. The largest absolute Gasteiger partial charge is 0.471 e. The van der Waals surface area contributed by atoms with Crippen molar-refractivity contribution in [2.24, 2.45) is 0 Å². The average Bonchev–Trinajstić information content (AvgIpc) is 2.67. The summed E-state index contributed by atoms with van der Waals surface area (Å²) in [6.45, 7) is 3.81. The van der Waals surface area contributed by atoms with Gasteiger partial charge in [-0.05, 0) is 26.2 Å². The molecule has 1 amide bonds.